The quantitative estimate of drug-likeness (QED) is 0.916. The molecule has 19 heavy (non-hydrogen) atoms. The maximum atomic E-state index is 12.5. The average Bonchev–Trinajstić information content (AvgIpc) is 2.27. The van der Waals surface area contributed by atoms with E-state index in [1.165, 1.54) is 14.0 Å². The number of likely N-dealkylation sites (N-methyl/N-ethyl adjacent to an activating group) is 1. The molecule has 1 rings (SSSR count). The molecule has 0 saturated heterocycles. The van der Waals surface area contributed by atoms with Crippen LogP contribution in [0.2, 0.25) is 0 Å². The average molecular weight is 296 g/mol. The summed E-state index contributed by atoms with van der Waals surface area (Å²) in [5.74, 6) is 0. The molecule has 0 aromatic heterocycles. The molecule has 8 heteroatoms. The van der Waals surface area contributed by atoms with Crippen molar-refractivity contribution in [3.63, 3.8) is 0 Å². The zero-order valence-corrected chi connectivity index (χ0v) is 11.1. The Hall–Kier alpha value is -1.12. The number of benzene rings is 1. The predicted molar refractivity (Wildman–Crippen MR) is 61.8 cm³/mol. The summed E-state index contributed by atoms with van der Waals surface area (Å²) >= 11 is 0. The predicted octanol–water partition coefficient (Wildman–Crippen LogP) is 1.51. The van der Waals surface area contributed by atoms with Gasteiger partial charge < -0.3 is 5.11 Å². The first-order valence-corrected chi connectivity index (χ1v) is 6.72. The lowest BCUT2D eigenvalue weighted by Gasteiger charge is -2.19. The highest BCUT2D eigenvalue weighted by Crippen LogP contribution is 2.30. The molecule has 1 atom stereocenters. The normalized spacial score (nSPS) is 14.7. The fraction of sp³-hybridized carbons (Fsp3) is 0.455. The van der Waals surface area contributed by atoms with E-state index in [2.05, 4.69) is 6.07 Å². The Bertz CT molecular complexity index is 540. The van der Waals surface area contributed by atoms with Gasteiger partial charge in [-0.15, -0.1) is 0 Å². The molecule has 0 fully saturated rings. The zero-order chi connectivity index (χ0) is 14.8. The first-order valence-electron chi connectivity index (χ1n) is 5.28. The fourth-order valence-electron chi connectivity index (χ4n) is 1.41. The molecule has 0 saturated carbocycles. The minimum Gasteiger partial charge on any atom is -0.392 e. The van der Waals surface area contributed by atoms with Gasteiger partial charge in [0.05, 0.1) is 16.6 Å². The van der Waals surface area contributed by atoms with Crippen molar-refractivity contribution in [2.24, 2.45) is 0 Å². The zero-order valence-electron chi connectivity index (χ0n) is 10.3. The number of halogens is 3. The molecule has 0 heterocycles. The van der Waals surface area contributed by atoms with Gasteiger partial charge in [-0.3, -0.25) is 0 Å². The third-order valence-corrected chi connectivity index (χ3v) is 4.07. The van der Waals surface area contributed by atoms with Gasteiger partial charge in [0.15, 0.2) is 0 Å². The van der Waals surface area contributed by atoms with Crippen molar-refractivity contribution >= 4 is 10.0 Å². The van der Waals surface area contributed by atoms with Gasteiger partial charge in [0.25, 0.3) is 0 Å². The van der Waals surface area contributed by atoms with Crippen LogP contribution >= 0.6 is 0 Å². The van der Waals surface area contributed by atoms with E-state index in [-0.39, 0.29) is 6.54 Å². The number of aliphatic hydroxyl groups is 1. The number of alkyl halides is 3. The molecule has 0 unspecified atom stereocenters. The Kier molecular flexibility index (Phi) is 4.59. The summed E-state index contributed by atoms with van der Waals surface area (Å²) in [5.41, 5.74) is -1.06. The molecule has 0 spiro atoms. The largest absolute Gasteiger partial charge is 0.416 e. The number of hydrogen-bond acceptors (Lipinski definition) is 3. The van der Waals surface area contributed by atoms with Crippen LogP contribution in [0.4, 0.5) is 13.2 Å². The lowest BCUT2D eigenvalue weighted by Crippen LogP contribution is -2.33. The molecule has 1 radical (unpaired) electrons. The van der Waals surface area contributed by atoms with Crippen molar-refractivity contribution in [1.29, 1.82) is 0 Å². The van der Waals surface area contributed by atoms with Gasteiger partial charge in [-0.2, -0.15) is 17.5 Å². The Morgan fingerprint density at radius 1 is 1.47 bits per heavy atom. The number of hydrogen-bond donors (Lipinski definition) is 1. The van der Waals surface area contributed by atoms with E-state index < -0.39 is 32.8 Å². The van der Waals surface area contributed by atoms with Gasteiger partial charge in [-0.1, -0.05) is 6.07 Å². The topological polar surface area (TPSA) is 57.6 Å². The molecule has 107 valence electrons. The van der Waals surface area contributed by atoms with Crippen LogP contribution in [0.3, 0.4) is 0 Å². The van der Waals surface area contributed by atoms with Gasteiger partial charge in [0.2, 0.25) is 10.0 Å². The molecule has 1 aromatic rings. The van der Waals surface area contributed by atoms with Gasteiger partial charge in [-0.05, 0) is 19.1 Å². The van der Waals surface area contributed by atoms with E-state index >= 15 is 0 Å². The monoisotopic (exact) mass is 296 g/mol. The SMILES string of the molecule is C[C@H](O)CN(C)S(=O)(=O)c1[c]ccc(C(F)(F)F)c1. The molecular weight excluding hydrogens is 283 g/mol. The van der Waals surface area contributed by atoms with E-state index in [0.717, 1.165) is 16.4 Å². The van der Waals surface area contributed by atoms with Crippen molar-refractivity contribution < 1.29 is 26.7 Å². The maximum absolute atomic E-state index is 12.5. The Morgan fingerprint density at radius 2 is 2.05 bits per heavy atom. The summed E-state index contributed by atoms with van der Waals surface area (Å²) in [7, 11) is -2.92. The number of nitrogens with zero attached hydrogens (tertiary/aromatic N) is 1. The van der Waals surface area contributed by atoms with Crippen LogP contribution in [0, 0.1) is 6.07 Å². The van der Waals surface area contributed by atoms with Crippen molar-refractivity contribution in [2.75, 3.05) is 13.6 Å². The standard InChI is InChI=1S/C11H13F3NO3S/c1-8(16)7-15(2)19(17,18)10-5-3-4-9(6-10)11(12,13)14/h3-4,6,8,16H,7H2,1-2H3/t8-/m0/s1. The van der Waals surface area contributed by atoms with E-state index in [9.17, 15) is 21.6 Å². The van der Waals surface area contributed by atoms with E-state index in [4.69, 9.17) is 5.11 Å². The first-order chi connectivity index (χ1) is 8.55. The smallest absolute Gasteiger partial charge is 0.392 e. The maximum Gasteiger partial charge on any atom is 0.416 e. The Balaban J connectivity index is 3.16. The third-order valence-electron chi connectivity index (χ3n) is 2.31. The molecule has 0 aliphatic heterocycles. The highest BCUT2D eigenvalue weighted by Gasteiger charge is 2.32. The summed E-state index contributed by atoms with van der Waals surface area (Å²) < 4.78 is 62.2. The minimum absolute atomic E-state index is 0.216. The molecule has 4 nitrogen and oxygen atoms in total. The highest BCUT2D eigenvalue weighted by molar-refractivity contribution is 7.89. The second kappa shape index (κ2) is 5.48. The third kappa shape index (κ3) is 3.92. The van der Waals surface area contributed by atoms with Crippen LogP contribution in [0.1, 0.15) is 12.5 Å². The molecule has 1 N–H and O–H groups in total. The molecule has 0 aliphatic carbocycles. The van der Waals surface area contributed by atoms with Crippen LogP contribution in [0.15, 0.2) is 23.1 Å². The van der Waals surface area contributed by atoms with E-state index in [0.29, 0.717) is 6.07 Å². The van der Waals surface area contributed by atoms with Crippen molar-refractivity contribution in [1.82, 2.24) is 4.31 Å². The van der Waals surface area contributed by atoms with Crippen LogP contribution < -0.4 is 0 Å². The van der Waals surface area contributed by atoms with Crippen LogP contribution in [-0.2, 0) is 16.2 Å². The van der Waals surface area contributed by atoms with Gasteiger partial charge in [0.1, 0.15) is 0 Å². The van der Waals surface area contributed by atoms with Crippen molar-refractivity contribution in [2.45, 2.75) is 24.1 Å². The summed E-state index contributed by atoms with van der Waals surface area (Å²) in [6.07, 6.45) is -5.55. The lowest BCUT2D eigenvalue weighted by molar-refractivity contribution is -0.137. The fourth-order valence-corrected chi connectivity index (χ4v) is 2.65. The first kappa shape index (κ1) is 15.9. The molecule has 1 aromatic carbocycles. The second-order valence-electron chi connectivity index (χ2n) is 4.07. The number of aliphatic hydroxyl groups excluding tert-OH is 1. The van der Waals surface area contributed by atoms with E-state index in [1.807, 2.05) is 0 Å². The van der Waals surface area contributed by atoms with Crippen LogP contribution in [0.5, 0.6) is 0 Å². The molecule has 0 amide bonds. The van der Waals surface area contributed by atoms with Crippen molar-refractivity contribution in [3.8, 4) is 0 Å². The number of sulfonamides is 1. The minimum atomic E-state index is -4.62. The Morgan fingerprint density at radius 3 is 2.53 bits per heavy atom. The highest BCUT2D eigenvalue weighted by atomic mass is 32.2. The summed E-state index contributed by atoms with van der Waals surface area (Å²) in [6.45, 7) is 1.16. The summed E-state index contributed by atoms with van der Waals surface area (Å²) in [5, 5.41) is 9.12. The molecule has 0 bridgehead atoms. The second-order valence-corrected chi connectivity index (χ2v) is 6.09. The summed E-state index contributed by atoms with van der Waals surface area (Å²) in [4.78, 5) is -0.578. The van der Waals surface area contributed by atoms with Gasteiger partial charge >= 0.3 is 6.18 Å². The van der Waals surface area contributed by atoms with Crippen LogP contribution in [0.25, 0.3) is 0 Å². The van der Waals surface area contributed by atoms with Crippen LogP contribution in [-0.4, -0.2) is 37.5 Å². The number of rotatable bonds is 4. The molecular formula is C11H13F3NO3S. The van der Waals surface area contributed by atoms with Gasteiger partial charge in [-0.25, -0.2) is 8.42 Å². The lowest BCUT2D eigenvalue weighted by atomic mass is 10.2. The van der Waals surface area contributed by atoms with Crippen molar-refractivity contribution in [3.05, 3.63) is 29.8 Å². The summed E-state index contributed by atoms with van der Waals surface area (Å²) in [6, 6.07) is 4.44. The van der Waals surface area contributed by atoms with Gasteiger partial charge in [0, 0.05) is 19.7 Å². The Labute approximate surface area is 109 Å². The van der Waals surface area contributed by atoms with E-state index in [1.54, 1.807) is 0 Å². The molecule has 0 aliphatic rings.